The Bertz CT molecular complexity index is 799. The van der Waals surface area contributed by atoms with Gasteiger partial charge >= 0.3 is 6.18 Å². The molecule has 0 aliphatic heterocycles. The van der Waals surface area contributed by atoms with Crippen molar-refractivity contribution in [2.75, 3.05) is 20.6 Å². The summed E-state index contributed by atoms with van der Waals surface area (Å²) in [5.41, 5.74) is 4.18. The van der Waals surface area contributed by atoms with Gasteiger partial charge in [-0.25, -0.2) is 15.0 Å². The van der Waals surface area contributed by atoms with Crippen molar-refractivity contribution < 1.29 is 13.2 Å². The van der Waals surface area contributed by atoms with Gasteiger partial charge in [-0.05, 0) is 45.1 Å². The largest absolute Gasteiger partial charge is 0.405 e. The molecule has 0 aromatic carbocycles. The summed E-state index contributed by atoms with van der Waals surface area (Å²) in [5, 5.41) is 8.11. The molecule has 29 heavy (non-hydrogen) atoms. The van der Waals surface area contributed by atoms with Crippen molar-refractivity contribution in [3.05, 3.63) is 28.7 Å². The zero-order valence-corrected chi connectivity index (χ0v) is 18.2. The van der Waals surface area contributed by atoms with Gasteiger partial charge in [-0.3, -0.25) is 5.43 Å². The molecule has 1 aliphatic rings. The first-order valence-corrected chi connectivity index (χ1v) is 11.3. The first kappa shape index (κ1) is 22.2. The molecule has 2 heterocycles. The summed E-state index contributed by atoms with van der Waals surface area (Å²) >= 11 is 3.23. The third-order valence-electron chi connectivity index (χ3n) is 4.94. The molecule has 0 saturated heterocycles. The predicted molar refractivity (Wildman–Crippen MR) is 113 cm³/mol. The Morgan fingerprint density at radius 1 is 1.34 bits per heavy atom. The van der Waals surface area contributed by atoms with E-state index < -0.39 is 12.2 Å². The number of hydrogen-bond acceptors (Lipinski definition) is 7. The van der Waals surface area contributed by atoms with E-state index >= 15 is 0 Å². The normalized spacial score (nSPS) is 15.7. The van der Waals surface area contributed by atoms with E-state index in [0.29, 0.717) is 25.3 Å². The molecule has 2 aromatic rings. The first-order chi connectivity index (χ1) is 13.8. The maximum Gasteiger partial charge on any atom is 0.405 e. The Kier molecular flexibility index (Phi) is 7.31. The number of rotatable bonds is 11. The van der Waals surface area contributed by atoms with Crippen LogP contribution in [0.15, 0.2) is 18.2 Å². The zero-order chi connectivity index (χ0) is 21.0. The third-order valence-corrected chi connectivity index (χ3v) is 7.08. The maximum atomic E-state index is 13.1. The van der Waals surface area contributed by atoms with Gasteiger partial charge in [0.1, 0.15) is 11.7 Å². The van der Waals surface area contributed by atoms with Crippen LogP contribution in [-0.2, 0) is 0 Å². The van der Waals surface area contributed by atoms with Crippen molar-refractivity contribution in [1.29, 1.82) is 0 Å². The number of thiazole rings is 2. The monoisotopic (exact) mass is 445 g/mol. The van der Waals surface area contributed by atoms with Crippen LogP contribution in [0.2, 0.25) is 0 Å². The predicted octanol–water partition coefficient (Wildman–Crippen LogP) is 4.87. The van der Waals surface area contributed by atoms with E-state index in [2.05, 4.69) is 22.3 Å². The van der Waals surface area contributed by atoms with Gasteiger partial charge in [-0.1, -0.05) is 6.58 Å². The van der Waals surface area contributed by atoms with Crippen LogP contribution in [0.4, 0.5) is 13.2 Å². The highest BCUT2D eigenvalue weighted by Gasteiger charge is 2.41. The quantitative estimate of drug-likeness (QED) is 0.382. The van der Waals surface area contributed by atoms with Crippen molar-refractivity contribution in [2.24, 2.45) is 0 Å². The lowest BCUT2D eigenvalue weighted by atomic mass is 10.1. The highest BCUT2D eigenvalue weighted by atomic mass is 32.1. The van der Waals surface area contributed by atoms with Crippen LogP contribution < -0.4 is 10.7 Å². The molecule has 0 radical (unpaired) electrons. The first-order valence-electron chi connectivity index (χ1n) is 9.62. The number of hydrogen-bond donors (Lipinski definition) is 2. The van der Waals surface area contributed by atoms with Crippen LogP contribution in [0.1, 0.15) is 48.6 Å². The van der Waals surface area contributed by atoms with Gasteiger partial charge < -0.3 is 5.32 Å². The molecular formula is C19H26F3N5S2. The molecule has 160 valence electrons. The molecule has 1 fully saturated rings. The molecule has 0 spiro atoms. The molecule has 0 bridgehead atoms. The smallest absolute Gasteiger partial charge is 0.384 e. The number of nitrogens with zero attached hydrogens (tertiary/aromatic N) is 3. The van der Waals surface area contributed by atoms with Crippen LogP contribution in [0.3, 0.4) is 0 Å². The average Bonchev–Trinajstić information content (AvgIpc) is 3.19. The van der Waals surface area contributed by atoms with E-state index in [9.17, 15) is 13.2 Å². The van der Waals surface area contributed by atoms with Crippen molar-refractivity contribution in [3.63, 3.8) is 0 Å². The summed E-state index contributed by atoms with van der Waals surface area (Å²) < 4.78 is 39.4. The van der Waals surface area contributed by atoms with Gasteiger partial charge in [0.25, 0.3) is 0 Å². The van der Waals surface area contributed by atoms with Crippen LogP contribution in [0.25, 0.3) is 15.7 Å². The molecular weight excluding hydrogens is 419 g/mol. The number of nitrogens with one attached hydrogen (secondary N) is 2. The number of hydrazine groups is 1. The molecule has 2 aromatic heterocycles. The topological polar surface area (TPSA) is 53.1 Å². The van der Waals surface area contributed by atoms with E-state index in [1.165, 1.54) is 19.0 Å². The van der Waals surface area contributed by atoms with Crippen LogP contribution in [0.5, 0.6) is 0 Å². The zero-order valence-electron chi connectivity index (χ0n) is 16.6. The van der Waals surface area contributed by atoms with Gasteiger partial charge in [-0.15, -0.1) is 22.7 Å². The summed E-state index contributed by atoms with van der Waals surface area (Å²) in [6.07, 6.45) is 0.993. The minimum Gasteiger partial charge on any atom is -0.384 e. The van der Waals surface area contributed by atoms with E-state index in [1.807, 2.05) is 5.38 Å². The molecule has 1 unspecified atom stereocenters. The maximum absolute atomic E-state index is 13.1. The fourth-order valence-corrected chi connectivity index (χ4v) is 5.05. The summed E-state index contributed by atoms with van der Waals surface area (Å²) in [5.74, 6) is 0.541. The molecule has 0 amide bonds. The third kappa shape index (κ3) is 5.78. The van der Waals surface area contributed by atoms with Crippen molar-refractivity contribution in [1.82, 2.24) is 25.7 Å². The number of unbranched alkanes of at least 4 members (excludes halogenated alkanes) is 1. The van der Waals surface area contributed by atoms with E-state index in [4.69, 9.17) is 4.98 Å². The van der Waals surface area contributed by atoms with Crippen LogP contribution in [0, 0.1) is 0 Å². The Morgan fingerprint density at radius 2 is 2.10 bits per heavy atom. The number of alkyl halides is 3. The van der Waals surface area contributed by atoms with Gasteiger partial charge in [0, 0.05) is 30.0 Å². The van der Waals surface area contributed by atoms with Gasteiger partial charge in [0.05, 0.1) is 5.70 Å². The number of halogens is 3. The SMILES string of the molecule is C=C(NCCCCC(N(C)NC)C(F)(F)F)c1nc(-c2nccs2)sc1C1CC1. The Morgan fingerprint density at radius 3 is 2.69 bits per heavy atom. The Labute approximate surface area is 177 Å². The molecule has 10 heteroatoms. The minimum absolute atomic E-state index is 0.0488. The molecule has 1 saturated carbocycles. The van der Waals surface area contributed by atoms with E-state index in [1.54, 1.807) is 28.9 Å². The molecule has 5 nitrogen and oxygen atoms in total. The summed E-state index contributed by atoms with van der Waals surface area (Å²) in [7, 11) is 2.91. The lowest BCUT2D eigenvalue weighted by Gasteiger charge is -2.29. The lowest BCUT2D eigenvalue weighted by molar-refractivity contribution is -0.188. The molecule has 3 rings (SSSR count). The van der Waals surface area contributed by atoms with E-state index in [-0.39, 0.29) is 6.42 Å². The highest BCUT2D eigenvalue weighted by Crippen LogP contribution is 2.47. The average molecular weight is 446 g/mol. The number of aromatic nitrogens is 2. The van der Waals surface area contributed by atoms with Crippen molar-refractivity contribution in [3.8, 4) is 10.0 Å². The standard InChI is InChI=1S/C19H26F3N5S2/c1-12(24-9-5-4-6-14(19(20,21)22)27(3)23-2)15-16(13-7-8-13)29-18(26-15)17-25-10-11-28-17/h10-11,13-14,23-24H,1,4-9H2,2-3H3. The Hall–Kier alpha value is -1.49. The second kappa shape index (κ2) is 9.55. The van der Waals surface area contributed by atoms with Crippen LogP contribution in [-0.4, -0.2) is 47.8 Å². The molecule has 1 aliphatic carbocycles. The van der Waals surface area contributed by atoms with Crippen LogP contribution >= 0.6 is 22.7 Å². The summed E-state index contributed by atoms with van der Waals surface area (Å²) in [4.78, 5) is 10.3. The van der Waals surface area contributed by atoms with E-state index in [0.717, 1.165) is 39.3 Å². The second-order valence-corrected chi connectivity index (χ2v) is 9.06. The second-order valence-electron chi connectivity index (χ2n) is 7.14. The fraction of sp³-hybridized carbons (Fsp3) is 0.579. The lowest BCUT2D eigenvalue weighted by Crippen LogP contribution is -2.49. The van der Waals surface area contributed by atoms with Gasteiger partial charge in [0.2, 0.25) is 0 Å². The van der Waals surface area contributed by atoms with Crippen molar-refractivity contribution >= 4 is 28.4 Å². The van der Waals surface area contributed by atoms with Gasteiger partial charge in [0.15, 0.2) is 10.0 Å². The fourth-order valence-electron chi connectivity index (χ4n) is 3.11. The summed E-state index contributed by atoms with van der Waals surface area (Å²) in [6.45, 7) is 4.69. The highest BCUT2D eigenvalue weighted by molar-refractivity contribution is 7.20. The van der Waals surface area contributed by atoms with Crippen molar-refractivity contribution in [2.45, 2.75) is 50.2 Å². The molecule has 1 atom stereocenters. The molecule has 2 N–H and O–H groups in total. The minimum atomic E-state index is -4.25. The summed E-state index contributed by atoms with van der Waals surface area (Å²) in [6, 6.07) is -1.49. The Balaban J connectivity index is 1.52. The van der Waals surface area contributed by atoms with Gasteiger partial charge in [-0.2, -0.15) is 13.2 Å².